The number of rotatable bonds is 3. The Kier molecular flexibility index (Phi) is 3.23. The molecule has 0 bridgehead atoms. The molecule has 0 fully saturated rings. The number of anilines is 1. The minimum Gasteiger partial charge on any atom is -0.544 e. The third-order valence-corrected chi connectivity index (χ3v) is 2.97. The van der Waals surface area contributed by atoms with Gasteiger partial charge in [0.2, 0.25) is 10.0 Å². The molecule has 2 heterocycles. The van der Waals surface area contributed by atoms with E-state index in [0.717, 1.165) is 17.4 Å². The Hall–Kier alpha value is -2.02. The smallest absolute Gasteiger partial charge is 0.269 e. The number of nitrogens with one attached hydrogen (secondary N) is 1. The van der Waals surface area contributed by atoms with Crippen molar-refractivity contribution >= 4 is 15.7 Å². The first kappa shape index (κ1) is 13.4. The molecule has 0 aliphatic carbocycles. The van der Waals surface area contributed by atoms with Gasteiger partial charge in [0.25, 0.3) is 5.88 Å². The maximum absolute atomic E-state index is 11.6. The van der Waals surface area contributed by atoms with Crippen LogP contribution in [0.15, 0.2) is 28.9 Å². The lowest BCUT2D eigenvalue weighted by Gasteiger charge is -2.02. The van der Waals surface area contributed by atoms with Gasteiger partial charge in [-0.1, -0.05) is 0 Å². The fourth-order valence-corrected chi connectivity index (χ4v) is 2.34. The molecule has 0 unspecified atom stereocenters. The van der Waals surface area contributed by atoms with E-state index >= 15 is 0 Å². The highest BCUT2D eigenvalue weighted by Gasteiger charge is 2.13. The third kappa shape index (κ3) is 3.25. The van der Waals surface area contributed by atoms with E-state index in [1.165, 1.54) is 6.07 Å². The Morgan fingerprint density at radius 3 is 2.32 bits per heavy atom. The molecule has 0 amide bonds. The van der Waals surface area contributed by atoms with Gasteiger partial charge in [-0.2, -0.15) is 4.57 Å². The molecule has 1 N–H and O–H groups in total. The van der Waals surface area contributed by atoms with E-state index in [4.69, 9.17) is 4.42 Å². The van der Waals surface area contributed by atoms with E-state index in [1.807, 2.05) is 19.9 Å². The second-order valence-electron chi connectivity index (χ2n) is 4.46. The Morgan fingerprint density at radius 1 is 1.21 bits per heavy atom. The van der Waals surface area contributed by atoms with Crippen LogP contribution in [0.3, 0.4) is 0 Å². The van der Waals surface area contributed by atoms with Gasteiger partial charge in [-0.3, -0.25) is 4.72 Å². The van der Waals surface area contributed by atoms with Crippen molar-refractivity contribution in [2.75, 3.05) is 11.0 Å². The molecule has 7 heteroatoms. The minimum absolute atomic E-state index is 0.0934. The molecule has 0 aliphatic rings. The highest BCUT2D eigenvalue weighted by molar-refractivity contribution is 7.92. The van der Waals surface area contributed by atoms with Crippen LogP contribution in [0, 0.1) is 13.8 Å². The van der Waals surface area contributed by atoms with Crippen molar-refractivity contribution in [3.63, 3.8) is 0 Å². The van der Waals surface area contributed by atoms with Crippen molar-refractivity contribution in [3.05, 3.63) is 35.7 Å². The minimum atomic E-state index is -3.50. The summed E-state index contributed by atoms with van der Waals surface area (Å²) in [6.45, 7) is 3.83. The van der Waals surface area contributed by atoms with Crippen LogP contribution in [0.25, 0.3) is 5.88 Å². The number of furan rings is 1. The zero-order valence-corrected chi connectivity index (χ0v) is 11.6. The standard InChI is InChI=1S/C12H14N2O4S/c1-8-4-9(2)7-14(6-8)11-5-10(12(15)18-11)13-19(3,16)17/h4-7,13H,1-3H3. The third-order valence-electron chi connectivity index (χ3n) is 2.38. The monoisotopic (exact) mass is 282 g/mol. The lowest BCUT2D eigenvalue weighted by Crippen LogP contribution is -2.29. The molecular formula is C12H14N2O4S. The second-order valence-corrected chi connectivity index (χ2v) is 6.21. The lowest BCUT2D eigenvalue weighted by molar-refractivity contribution is -0.610. The van der Waals surface area contributed by atoms with Crippen molar-refractivity contribution in [2.45, 2.75) is 13.8 Å². The number of sulfonamides is 1. The van der Waals surface area contributed by atoms with Crippen molar-refractivity contribution in [1.82, 2.24) is 0 Å². The average molecular weight is 282 g/mol. The van der Waals surface area contributed by atoms with E-state index in [2.05, 4.69) is 4.72 Å². The van der Waals surface area contributed by atoms with Crippen molar-refractivity contribution in [1.29, 1.82) is 0 Å². The predicted octanol–water partition coefficient (Wildman–Crippen LogP) is 0.618. The van der Waals surface area contributed by atoms with Crippen LogP contribution >= 0.6 is 0 Å². The lowest BCUT2D eigenvalue weighted by atomic mass is 10.2. The predicted molar refractivity (Wildman–Crippen MR) is 67.6 cm³/mol. The van der Waals surface area contributed by atoms with Gasteiger partial charge < -0.3 is 9.52 Å². The van der Waals surface area contributed by atoms with Crippen LogP contribution in [0.2, 0.25) is 0 Å². The van der Waals surface area contributed by atoms with E-state index in [-0.39, 0.29) is 11.6 Å². The average Bonchev–Trinajstić information content (AvgIpc) is 2.56. The molecule has 102 valence electrons. The molecule has 2 aromatic heterocycles. The van der Waals surface area contributed by atoms with E-state index < -0.39 is 16.0 Å². The number of hydrogen-bond acceptors (Lipinski definition) is 4. The molecular weight excluding hydrogens is 268 g/mol. The first-order chi connectivity index (χ1) is 8.74. The fourth-order valence-electron chi connectivity index (χ4n) is 1.80. The SMILES string of the molecule is Cc1cc(C)c[n+](-c2cc(NS(C)(=O)=O)c([O-])o2)c1. The summed E-state index contributed by atoms with van der Waals surface area (Å²) < 4.78 is 31.0. The topological polar surface area (TPSA) is 86.2 Å². The maximum Gasteiger partial charge on any atom is 0.269 e. The van der Waals surface area contributed by atoms with Crippen LogP contribution in [-0.2, 0) is 10.0 Å². The normalized spacial score (nSPS) is 11.5. The maximum atomic E-state index is 11.6. The molecule has 0 spiro atoms. The van der Waals surface area contributed by atoms with Crippen LogP contribution in [0.4, 0.5) is 5.69 Å². The zero-order valence-electron chi connectivity index (χ0n) is 10.8. The Labute approximate surface area is 111 Å². The summed E-state index contributed by atoms with van der Waals surface area (Å²) >= 11 is 0. The van der Waals surface area contributed by atoms with Crippen molar-refractivity contribution in [3.8, 4) is 11.8 Å². The van der Waals surface area contributed by atoms with Gasteiger partial charge >= 0.3 is 0 Å². The van der Waals surface area contributed by atoms with Crippen LogP contribution < -0.4 is 14.4 Å². The summed E-state index contributed by atoms with van der Waals surface area (Å²) in [5.41, 5.74) is 1.91. The number of pyridine rings is 1. The molecule has 19 heavy (non-hydrogen) atoms. The highest BCUT2D eigenvalue weighted by Crippen LogP contribution is 2.25. The van der Waals surface area contributed by atoms with Gasteiger partial charge in [-0.25, -0.2) is 8.42 Å². The molecule has 0 saturated heterocycles. The number of aryl methyl sites for hydroxylation is 2. The summed E-state index contributed by atoms with van der Waals surface area (Å²) in [7, 11) is -3.50. The Bertz CT molecular complexity index is 699. The zero-order chi connectivity index (χ0) is 14.2. The molecule has 2 aromatic rings. The molecule has 0 aromatic carbocycles. The van der Waals surface area contributed by atoms with Crippen molar-refractivity contribution in [2.24, 2.45) is 0 Å². The highest BCUT2D eigenvalue weighted by atomic mass is 32.2. The molecule has 2 rings (SSSR count). The quantitative estimate of drug-likeness (QED) is 0.836. The van der Waals surface area contributed by atoms with Gasteiger partial charge in [-0.05, 0) is 19.9 Å². The first-order valence-electron chi connectivity index (χ1n) is 5.53. The molecule has 6 nitrogen and oxygen atoms in total. The molecule has 0 atom stereocenters. The molecule has 0 saturated carbocycles. The van der Waals surface area contributed by atoms with E-state index in [9.17, 15) is 13.5 Å². The summed E-state index contributed by atoms with van der Waals surface area (Å²) in [6, 6.07) is 3.34. The van der Waals surface area contributed by atoms with Gasteiger partial charge in [0.05, 0.1) is 17.9 Å². The summed E-state index contributed by atoms with van der Waals surface area (Å²) in [5.74, 6) is -0.449. The summed E-state index contributed by atoms with van der Waals surface area (Å²) in [4.78, 5) is 0. The number of aromatic nitrogens is 1. The Morgan fingerprint density at radius 2 is 1.79 bits per heavy atom. The summed E-state index contributed by atoms with van der Waals surface area (Å²) in [5, 5.41) is 11.6. The Balaban J connectivity index is 2.44. The first-order valence-corrected chi connectivity index (χ1v) is 7.42. The van der Waals surface area contributed by atoms with Gasteiger partial charge in [0.15, 0.2) is 12.4 Å². The summed E-state index contributed by atoms with van der Waals surface area (Å²) in [6.07, 6.45) is 4.55. The fraction of sp³-hybridized carbons (Fsp3) is 0.250. The van der Waals surface area contributed by atoms with Crippen LogP contribution in [-0.4, -0.2) is 14.7 Å². The van der Waals surface area contributed by atoms with Gasteiger partial charge in [0.1, 0.15) is 0 Å². The van der Waals surface area contributed by atoms with Gasteiger partial charge in [0, 0.05) is 17.2 Å². The van der Waals surface area contributed by atoms with Crippen LogP contribution in [0.1, 0.15) is 11.1 Å². The number of nitrogens with zero attached hydrogens (tertiary/aromatic N) is 1. The number of hydrogen-bond donors (Lipinski definition) is 1. The largest absolute Gasteiger partial charge is 0.544 e. The molecule has 0 aliphatic heterocycles. The van der Waals surface area contributed by atoms with E-state index in [1.54, 1.807) is 17.0 Å². The van der Waals surface area contributed by atoms with E-state index in [0.29, 0.717) is 0 Å². The molecule has 0 radical (unpaired) electrons. The van der Waals surface area contributed by atoms with Crippen LogP contribution in [0.5, 0.6) is 5.95 Å². The second kappa shape index (κ2) is 4.58. The van der Waals surface area contributed by atoms with Gasteiger partial charge in [-0.15, -0.1) is 0 Å². The van der Waals surface area contributed by atoms with Crippen molar-refractivity contribution < 1.29 is 22.5 Å².